The Labute approximate surface area is 117 Å². The van der Waals surface area contributed by atoms with E-state index in [2.05, 4.69) is 37.1 Å². The normalized spacial score (nSPS) is 12.5. The van der Waals surface area contributed by atoms with Gasteiger partial charge in [-0.15, -0.1) is 11.3 Å². The number of thiazole rings is 1. The monoisotopic (exact) mass is 280 g/mol. The summed E-state index contributed by atoms with van der Waals surface area (Å²) in [5.74, 6) is 0. The van der Waals surface area contributed by atoms with Gasteiger partial charge in [0, 0.05) is 4.88 Å². The molecule has 1 N–H and O–H groups in total. The third-order valence-corrected chi connectivity index (χ3v) is 4.15. The minimum absolute atomic E-state index is 0.161. The molecule has 2 rings (SSSR count). The molecule has 1 heterocycles. The lowest BCUT2D eigenvalue weighted by atomic mass is 10.1. The average Bonchev–Trinajstić information content (AvgIpc) is 2.63. The summed E-state index contributed by atoms with van der Waals surface area (Å²) < 4.78 is 0. The summed E-state index contributed by atoms with van der Waals surface area (Å²) in [7, 11) is 0. The minimum atomic E-state index is 0.161. The van der Waals surface area contributed by atoms with Gasteiger partial charge < -0.3 is 5.32 Å². The molecule has 0 spiro atoms. The van der Waals surface area contributed by atoms with Crippen molar-refractivity contribution < 1.29 is 0 Å². The number of halogens is 1. The van der Waals surface area contributed by atoms with Crippen LogP contribution in [0.25, 0.3) is 0 Å². The maximum absolute atomic E-state index is 6.23. The van der Waals surface area contributed by atoms with Gasteiger partial charge in [-0.2, -0.15) is 0 Å². The number of nitrogens with one attached hydrogen (secondary N) is 1. The molecule has 0 saturated heterocycles. The van der Waals surface area contributed by atoms with Crippen LogP contribution in [0, 0.1) is 20.8 Å². The summed E-state index contributed by atoms with van der Waals surface area (Å²) in [5.41, 5.74) is 3.26. The second kappa shape index (κ2) is 5.29. The first-order valence-corrected chi connectivity index (χ1v) is 7.14. The molecule has 4 heteroatoms. The van der Waals surface area contributed by atoms with Gasteiger partial charge in [-0.05, 0) is 39.3 Å². The molecule has 18 heavy (non-hydrogen) atoms. The van der Waals surface area contributed by atoms with Crippen molar-refractivity contribution in [2.75, 3.05) is 5.32 Å². The summed E-state index contributed by atoms with van der Waals surface area (Å²) in [4.78, 5) is 5.84. The van der Waals surface area contributed by atoms with E-state index in [-0.39, 0.29) is 6.04 Å². The number of hydrogen-bond acceptors (Lipinski definition) is 3. The van der Waals surface area contributed by atoms with E-state index in [9.17, 15) is 0 Å². The van der Waals surface area contributed by atoms with Crippen LogP contribution in [-0.4, -0.2) is 4.98 Å². The average molecular weight is 281 g/mol. The van der Waals surface area contributed by atoms with E-state index < -0.39 is 0 Å². The Kier molecular flexibility index (Phi) is 3.93. The molecule has 2 nitrogen and oxygen atoms in total. The van der Waals surface area contributed by atoms with Crippen molar-refractivity contribution in [2.45, 2.75) is 33.7 Å². The largest absolute Gasteiger partial charge is 0.375 e. The van der Waals surface area contributed by atoms with Gasteiger partial charge in [0.1, 0.15) is 0 Å². The van der Waals surface area contributed by atoms with Crippen LogP contribution in [-0.2, 0) is 0 Å². The second-order valence-corrected chi connectivity index (χ2v) is 6.29. The summed E-state index contributed by atoms with van der Waals surface area (Å²) in [6.45, 7) is 8.32. The molecule has 0 amide bonds. The molecule has 1 unspecified atom stereocenters. The van der Waals surface area contributed by atoms with Crippen molar-refractivity contribution in [3.05, 3.63) is 44.4 Å². The standard InChI is InChI=1S/C14H17ClN2S/c1-8-6-5-7-12(15)13(8)16-9(2)14-10(3)18-11(4)17-14/h5-7,9,16H,1-4H3. The van der Waals surface area contributed by atoms with Crippen molar-refractivity contribution in [2.24, 2.45) is 0 Å². The Balaban J connectivity index is 2.26. The SMILES string of the molecule is Cc1nc(C(C)Nc2c(C)cccc2Cl)c(C)s1. The van der Waals surface area contributed by atoms with Gasteiger partial charge in [-0.3, -0.25) is 0 Å². The van der Waals surface area contributed by atoms with Gasteiger partial charge in [-0.1, -0.05) is 23.7 Å². The van der Waals surface area contributed by atoms with Crippen molar-refractivity contribution in [3.8, 4) is 0 Å². The van der Waals surface area contributed by atoms with E-state index in [1.807, 2.05) is 19.1 Å². The number of hydrogen-bond donors (Lipinski definition) is 1. The molecular weight excluding hydrogens is 264 g/mol. The second-order valence-electron chi connectivity index (χ2n) is 4.47. The number of nitrogens with zero attached hydrogens (tertiary/aromatic N) is 1. The summed E-state index contributed by atoms with van der Waals surface area (Å²) in [6, 6.07) is 6.09. The summed E-state index contributed by atoms with van der Waals surface area (Å²) >= 11 is 7.96. The fourth-order valence-corrected chi connectivity index (χ4v) is 3.24. The maximum Gasteiger partial charge on any atom is 0.0901 e. The molecule has 0 aliphatic rings. The van der Waals surface area contributed by atoms with Crippen LogP contribution in [0.3, 0.4) is 0 Å². The van der Waals surface area contributed by atoms with Crippen molar-refractivity contribution in [1.29, 1.82) is 0 Å². The van der Waals surface area contributed by atoms with Crippen LogP contribution in [0.2, 0.25) is 5.02 Å². The molecule has 0 aliphatic carbocycles. The number of aryl methyl sites for hydroxylation is 3. The maximum atomic E-state index is 6.23. The lowest BCUT2D eigenvalue weighted by Gasteiger charge is -2.17. The number of rotatable bonds is 3. The van der Waals surface area contributed by atoms with Crippen LogP contribution < -0.4 is 5.32 Å². The number of anilines is 1. The highest BCUT2D eigenvalue weighted by Gasteiger charge is 2.14. The Morgan fingerprint density at radius 2 is 2.00 bits per heavy atom. The highest BCUT2D eigenvalue weighted by atomic mass is 35.5. The highest BCUT2D eigenvalue weighted by Crippen LogP contribution is 2.31. The lowest BCUT2D eigenvalue weighted by molar-refractivity contribution is 0.835. The number of para-hydroxylation sites is 1. The minimum Gasteiger partial charge on any atom is -0.375 e. The van der Waals surface area contributed by atoms with Crippen LogP contribution in [0.5, 0.6) is 0 Å². The third-order valence-electron chi connectivity index (χ3n) is 2.93. The van der Waals surface area contributed by atoms with Crippen molar-refractivity contribution in [3.63, 3.8) is 0 Å². The number of benzene rings is 1. The Hall–Kier alpha value is -1.06. The molecule has 1 aromatic heterocycles. The molecule has 0 saturated carbocycles. The Bertz CT molecular complexity index is 543. The van der Waals surface area contributed by atoms with Crippen LogP contribution in [0.4, 0.5) is 5.69 Å². The summed E-state index contributed by atoms with van der Waals surface area (Å²) in [5, 5.41) is 5.32. The van der Waals surface area contributed by atoms with Gasteiger partial charge in [-0.25, -0.2) is 4.98 Å². The van der Waals surface area contributed by atoms with E-state index in [1.54, 1.807) is 11.3 Å². The zero-order valence-corrected chi connectivity index (χ0v) is 12.6. The van der Waals surface area contributed by atoms with E-state index >= 15 is 0 Å². The number of aromatic nitrogens is 1. The highest BCUT2D eigenvalue weighted by molar-refractivity contribution is 7.11. The van der Waals surface area contributed by atoms with Crippen LogP contribution >= 0.6 is 22.9 Å². The van der Waals surface area contributed by atoms with E-state index in [0.29, 0.717) is 0 Å². The molecule has 0 radical (unpaired) electrons. The molecule has 96 valence electrons. The quantitative estimate of drug-likeness (QED) is 0.865. The van der Waals surface area contributed by atoms with Crippen molar-refractivity contribution >= 4 is 28.6 Å². The van der Waals surface area contributed by atoms with Crippen LogP contribution in [0.15, 0.2) is 18.2 Å². The fourth-order valence-electron chi connectivity index (χ4n) is 2.05. The molecule has 1 aromatic carbocycles. The predicted molar refractivity (Wildman–Crippen MR) is 79.8 cm³/mol. The molecule has 0 fully saturated rings. The molecule has 1 atom stereocenters. The van der Waals surface area contributed by atoms with E-state index in [1.165, 1.54) is 4.88 Å². The van der Waals surface area contributed by atoms with Gasteiger partial charge in [0.15, 0.2) is 0 Å². The first-order valence-electron chi connectivity index (χ1n) is 5.94. The Morgan fingerprint density at radius 1 is 1.28 bits per heavy atom. The van der Waals surface area contributed by atoms with Gasteiger partial charge in [0.2, 0.25) is 0 Å². The molecule has 0 bridgehead atoms. The van der Waals surface area contributed by atoms with Gasteiger partial charge >= 0.3 is 0 Å². The van der Waals surface area contributed by atoms with Gasteiger partial charge in [0.05, 0.1) is 27.5 Å². The van der Waals surface area contributed by atoms with E-state index in [4.69, 9.17) is 11.6 Å². The zero-order valence-electron chi connectivity index (χ0n) is 11.0. The molecular formula is C14H17ClN2S. The Morgan fingerprint density at radius 3 is 2.56 bits per heavy atom. The molecule has 0 aliphatic heterocycles. The van der Waals surface area contributed by atoms with Crippen LogP contribution in [0.1, 0.15) is 34.1 Å². The lowest BCUT2D eigenvalue weighted by Crippen LogP contribution is -2.09. The molecule has 2 aromatic rings. The predicted octanol–water partition coefficient (Wildman–Crippen LogP) is 4.89. The topological polar surface area (TPSA) is 24.9 Å². The van der Waals surface area contributed by atoms with Crippen molar-refractivity contribution in [1.82, 2.24) is 4.98 Å². The zero-order chi connectivity index (χ0) is 13.3. The first-order chi connectivity index (χ1) is 8.49. The third kappa shape index (κ3) is 2.68. The fraction of sp³-hybridized carbons (Fsp3) is 0.357. The smallest absolute Gasteiger partial charge is 0.0901 e. The van der Waals surface area contributed by atoms with Gasteiger partial charge in [0.25, 0.3) is 0 Å². The first kappa shape index (κ1) is 13.4. The summed E-state index contributed by atoms with van der Waals surface area (Å²) in [6.07, 6.45) is 0. The van der Waals surface area contributed by atoms with E-state index in [0.717, 1.165) is 27.0 Å².